The van der Waals surface area contributed by atoms with E-state index in [2.05, 4.69) is 9.97 Å². The van der Waals surface area contributed by atoms with Crippen molar-refractivity contribution in [3.05, 3.63) is 29.3 Å². The Hall–Kier alpha value is -1.89. The van der Waals surface area contributed by atoms with Gasteiger partial charge in [-0.1, -0.05) is 13.8 Å². The summed E-state index contributed by atoms with van der Waals surface area (Å²) in [4.78, 5) is 7.15. The van der Waals surface area contributed by atoms with E-state index in [1.54, 1.807) is 6.07 Å². The number of aromatic nitrogens is 2. The third-order valence-corrected chi connectivity index (χ3v) is 2.24. The van der Waals surface area contributed by atoms with Gasteiger partial charge in [0.1, 0.15) is 17.2 Å². The van der Waals surface area contributed by atoms with Gasteiger partial charge in [0.05, 0.1) is 17.1 Å². The Kier molecular flexibility index (Phi) is 2.16. The minimum atomic E-state index is -0.427. The molecule has 0 atom stereocenters. The van der Waals surface area contributed by atoms with Crippen molar-refractivity contribution in [3.63, 3.8) is 0 Å². The van der Waals surface area contributed by atoms with Gasteiger partial charge in [-0.3, -0.25) is 0 Å². The van der Waals surface area contributed by atoms with Gasteiger partial charge in [0.15, 0.2) is 0 Å². The standard InChI is InChI=1S/C11H10FN3/c1-6(2)11-14-9-4-7(5-13)3-8(12)10(9)15-11/h3-4,6H,1-2H3,(H,14,15). The van der Waals surface area contributed by atoms with Gasteiger partial charge in [0.25, 0.3) is 0 Å². The van der Waals surface area contributed by atoms with Gasteiger partial charge in [-0.05, 0) is 12.1 Å². The van der Waals surface area contributed by atoms with Gasteiger partial charge < -0.3 is 4.98 Å². The van der Waals surface area contributed by atoms with E-state index in [9.17, 15) is 4.39 Å². The summed E-state index contributed by atoms with van der Waals surface area (Å²) in [6, 6.07) is 4.70. The summed E-state index contributed by atoms with van der Waals surface area (Å²) >= 11 is 0. The second kappa shape index (κ2) is 3.35. The van der Waals surface area contributed by atoms with Crippen LogP contribution < -0.4 is 0 Å². The molecule has 15 heavy (non-hydrogen) atoms. The van der Waals surface area contributed by atoms with Crippen LogP contribution >= 0.6 is 0 Å². The predicted octanol–water partition coefficient (Wildman–Crippen LogP) is 2.70. The van der Waals surface area contributed by atoms with Crippen molar-refractivity contribution in [3.8, 4) is 6.07 Å². The Bertz CT molecular complexity index is 549. The molecule has 0 aliphatic carbocycles. The lowest BCUT2D eigenvalue weighted by molar-refractivity contribution is 0.636. The second-order valence-electron chi connectivity index (χ2n) is 3.74. The maximum absolute atomic E-state index is 13.5. The lowest BCUT2D eigenvalue weighted by atomic mass is 10.2. The van der Waals surface area contributed by atoms with Crippen molar-refractivity contribution >= 4 is 11.0 Å². The van der Waals surface area contributed by atoms with Gasteiger partial charge in [-0.2, -0.15) is 5.26 Å². The van der Waals surface area contributed by atoms with Gasteiger partial charge in [0, 0.05) is 5.92 Å². The molecule has 1 N–H and O–H groups in total. The monoisotopic (exact) mass is 203 g/mol. The first kappa shape index (κ1) is 9.66. The van der Waals surface area contributed by atoms with Gasteiger partial charge >= 0.3 is 0 Å². The highest BCUT2D eigenvalue weighted by Gasteiger charge is 2.11. The molecule has 0 saturated heterocycles. The number of hydrogen-bond acceptors (Lipinski definition) is 2. The van der Waals surface area contributed by atoms with E-state index in [4.69, 9.17) is 5.26 Å². The normalized spacial score (nSPS) is 10.9. The van der Waals surface area contributed by atoms with Crippen LogP contribution in [0.15, 0.2) is 12.1 Å². The number of H-pyrrole nitrogens is 1. The van der Waals surface area contributed by atoms with Crippen molar-refractivity contribution in [1.29, 1.82) is 5.26 Å². The molecule has 2 rings (SSSR count). The summed E-state index contributed by atoms with van der Waals surface area (Å²) < 4.78 is 13.5. The number of nitrogens with zero attached hydrogens (tertiary/aromatic N) is 2. The van der Waals surface area contributed by atoms with E-state index in [0.717, 1.165) is 5.82 Å². The highest BCUT2D eigenvalue weighted by Crippen LogP contribution is 2.20. The summed E-state index contributed by atoms with van der Waals surface area (Å²) in [6.07, 6.45) is 0. The van der Waals surface area contributed by atoms with Crippen LogP contribution in [0, 0.1) is 17.1 Å². The number of aromatic amines is 1. The first-order chi connectivity index (χ1) is 7.11. The zero-order valence-corrected chi connectivity index (χ0v) is 8.50. The number of rotatable bonds is 1. The van der Waals surface area contributed by atoms with Crippen LogP contribution in [-0.4, -0.2) is 9.97 Å². The van der Waals surface area contributed by atoms with Gasteiger partial charge in [-0.15, -0.1) is 0 Å². The number of hydrogen-bond donors (Lipinski definition) is 1. The smallest absolute Gasteiger partial charge is 0.150 e. The molecule has 1 heterocycles. The van der Waals surface area contributed by atoms with Crippen LogP contribution in [-0.2, 0) is 0 Å². The first-order valence-corrected chi connectivity index (χ1v) is 4.71. The molecule has 0 amide bonds. The summed E-state index contributed by atoms with van der Waals surface area (Å²) in [5, 5.41) is 8.68. The molecule has 1 aromatic heterocycles. The molecular weight excluding hydrogens is 193 g/mol. The summed E-state index contributed by atoms with van der Waals surface area (Å²) in [5.41, 5.74) is 1.18. The molecule has 76 valence electrons. The molecule has 0 radical (unpaired) electrons. The summed E-state index contributed by atoms with van der Waals surface area (Å²) in [6.45, 7) is 3.95. The number of nitriles is 1. The molecule has 0 bridgehead atoms. The Balaban J connectivity index is 2.71. The fourth-order valence-electron chi connectivity index (χ4n) is 1.43. The number of benzene rings is 1. The van der Waals surface area contributed by atoms with Crippen molar-refractivity contribution in [2.24, 2.45) is 0 Å². The molecule has 4 heteroatoms. The Morgan fingerprint density at radius 3 is 2.80 bits per heavy atom. The molecule has 1 aromatic carbocycles. The van der Waals surface area contributed by atoms with E-state index >= 15 is 0 Å². The van der Waals surface area contributed by atoms with Gasteiger partial charge in [-0.25, -0.2) is 9.37 Å². The zero-order valence-electron chi connectivity index (χ0n) is 8.50. The molecule has 0 fully saturated rings. The van der Waals surface area contributed by atoms with E-state index in [-0.39, 0.29) is 5.92 Å². The van der Waals surface area contributed by atoms with Gasteiger partial charge in [0.2, 0.25) is 0 Å². The average Bonchev–Trinajstić information content (AvgIpc) is 2.61. The van der Waals surface area contributed by atoms with Crippen LogP contribution in [0.1, 0.15) is 31.2 Å². The van der Waals surface area contributed by atoms with E-state index in [0.29, 0.717) is 16.6 Å². The van der Waals surface area contributed by atoms with Crippen LogP contribution in [0.3, 0.4) is 0 Å². The second-order valence-corrected chi connectivity index (χ2v) is 3.74. The molecule has 0 saturated carbocycles. The lowest BCUT2D eigenvalue weighted by Crippen LogP contribution is -1.88. The van der Waals surface area contributed by atoms with E-state index in [1.807, 2.05) is 19.9 Å². The molecule has 3 nitrogen and oxygen atoms in total. The highest BCUT2D eigenvalue weighted by molar-refractivity contribution is 5.77. The third-order valence-electron chi connectivity index (χ3n) is 2.24. The fraction of sp³-hybridized carbons (Fsp3) is 0.273. The lowest BCUT2D eigenvalue weighted by Gasteiger charge is -1.95. The SMILES string of the molecule is CC(C)c1nc2cc(C#N)cc(F)c2[nH]1. The molecular formula is C11H10FN3. The number of nitrogens with one attached hydrogen (secondary N) is 1. The van der Waals surface area contributed by atoms with E-state index < -0.39 is 5.82 Å². The third kappa shape index (κ3) is 1.57. The highest BCUT2D eigenvalue weighted by atomic mass is 19.1. The topological polar surface area (TPSA) is 52.5 Å². The molecule has 2 aromatic rings. The summed E-state index contributed by atoms with van der Waals surface area (Å²) in [7, 11) is 0. The quantitative estimate of drug-likeness (QED) is 0.774. The maximum atomic E-state index is 13.5. The Morgan fingerprint density at radius 1 is 1.47 bits per heavy atom. The minimum absolute atomic E-state index is 0.210. The first-order valence-electron chi connectivity index (χ1n) is 4.71. The summed E-state index contributed by atoms with van der Waals surface area (Å²) in [5.74, 6) is 0.518. The fourth-order valence-corrected chi connectivity index (χ4v) is 1.43. The van der Waals surface area contributed by atoms with Crippen molar-refractivity contribution < 1.29 is 4.39 Å². The van der Waals surface area contributed by atoms with Crippen LogP contribution in [0.2, 0.25) is 0 Å². The zero-order chi connectivity index (χ0) is 11.0. The maximum Gasteiger partial charge on any atom is 0.150 e. The number of imidazole rings is 1. The van der Waals surface area contributed by atoms with Crippen LogP contribution in [0.25, 0.3) is 11.0 Å². The average molecular weight is 203 g/mol. The van der Waals surface area contributed by atoms with E-state index in [1.165, 1.54) is 6.07 Å². The number of halogens is 1. The number of fused-ring (bicyclic) bond motifs is 1. The van der Waals surface area contributed by atoms with Crippen LogP contribution in [0.4, 0.5) is 4.39 Å². The molecule has 0 aliphatic rings. The largest absolute Gasteiger partial charge is 0.339 e. The minimum Gasteiger partial charge on any atom is -0.339 e. The Labute approximate surface area is 86.6 Å². The Morgan fingerprint density at radius 2 is 2.20 bits per heavy atom. The van der Waals surface area contributed by atoms with Crippen molar-refractivity contribution in [2.45, 2.75) is 19.8 Å². The van der Waals surface area contributed by atoms with Crippen molar-refractivity contribution in [1.82, 2.24) is 9.97 Å². The van der Waals surface area contributed by atoms with Crippen molar-refractivity contribution in [2.75, 3.05) is 0 Å². The predicted molar refractivity (Wildman–Crippen MR) is 54.9 cm³/mol. The molecule has 0 aliphatic heterocycles. The molecule has 0 spiro atoms. The van der Waals surface area contributed by atoms with Crippen LogP contribution in [0.5, 0.6) is 0 Å². The molecule has 0 unspecified atom stereocenters.